The Morgan fingerprint density at radius 3 is 2.70 bits per heavy atom. The zero-order valence-electron chi connectivity index (χ0n) is 17.5. The number of likely N-dealkylation sites (tertiary alicyclic amines) is 1. The standard InChI is InChI=1S/C25H30N2O3/c1-18(27-16-8-12-20(17-27)19-10-3-2-4-11-19)9-7-15-23-25(29)26-24(28)21-13-5-6-14-22(21)30-23/h2-6,10-11,13-14,18,20,23H,7-9,12,15-17H2,1H3,(H,26,28,29). The number of carbonyl (C=O) groups is 2. The summed E-state index contributed by atoms with van der Waals surface area (Å²) < 4.78 is 5.90. The fourth-order valence-corrected chi connectivity index (χ4v) is 4.60. The van der Waals surface area contributed by atoms with E-state index in [1.54, 1.807) is 18.2 Å². The van der Waals surface area contributed by atoms with Crippen LogP contribution in [0.25, 0.3) is 0 Å². The first-order valence-corrected chi connectivity index (χ1v) is 11.0. The molecule has 3 unspecified atom stereocenters. The number of amides is 2. The molecular formula is C25H30N2O3. The minimum Gasteiger partial charge on any atom is -0.480 e. The van der Waals surface area contributed by atoms with Crippen molar-refractivity contribution >= 4 is 11.8 Å². The molecule has 3 atom stereocenters. The van der Waals surface area contributed by atoms with Crippen molar-refractivity contribution in [3.05, 3.63) is 65.7 Å². The molecule has 0 saturated carbocycles. The SMILES string of the molecule is CC(CCCC1Oc2ccccc2C(=O)NC1=O)N1CCCC(c2ccccc2)C1. The largest absolute Gasteiger partial charge is 0.480 e. The van der Waals surface area contributed by atoms with E-state index in [9.17, 15) is 9.59 Å². The van der Waals surface area contributed by atoms with Gasteiger partial charge in [-0.25, -0.2) is 0 Å². The van der Waals surface area contributed by atoms with Gasteiger partial charge in [0, 0.05) is 12.6 Å². The summed E-state index contributed by atoms with van der Waals surface area (Å²) in [5.74, 6) is 0.360. The van der Waals surface area contributed by atoms with Gasteiger partial charge in [-0.2, -0.15) is 0 Å². The van der Waals surface area contributed by atoms with Crippen LogP contribution in [0, 0.1) is 0 Å². The number of imide groups is 1. The maximum Gasteiger partial charge on any atom is 0.267 e. The first-order valence-electron chi connectivity index (χ1n) is 11.0. The fourth-order valence-electron chi connectivity index (χ4n) is 4.60. The predicted molar refractivity (Wildman–Crippen MR) is 117 cm³/mol. The van der Waals surface area contributed by atoms with Gasteiger partial charge < -0.3 is 9.64 Å². The maximum atomic E-state index is 12.4. The zero-order chi connectivity index (χ0) is 20.9. The van der Waals surface area contributed by atoms with E-state index in [0.717, 1.165) is 25.9 Å². The molecule has 5 nitrogen and oxygen atoms in total. The lowest BCUT2D eigenvalue weighted by atomic mass is 9.89. The Hall–Kier alpha value is -2.66. The molecule has 1 N–H and O–H groups in total. The summed E-state index contributed by atoms with van der Waals surface area (Å²) >= 11 is 0. The van der Waals surface area contributed by atoms with E-state index in [1.807, 2.05) is 6.07 Å². The molecule has 2 amide bonds. The number of fused-ring (bicyclic) bond motifs is 1. The summed E-state index contributed by atoms with van der Waals surface area (Å²) in [6.45, 7) is 4.50. The van der Waals surface area contributed by atoms with Gasteiger partial charge in [-0.1, -0.05) is 42.5 Å². The van der Waals surface area contributed by atoms with E-state index < -0.39 is 6.10 Å². The number of ether oxygens (including phenoxy) is 1. The molecule has 30 heavy (non-hydrogen) atoms. The predicted octanol–water partition coefficient (Wildman–Crippen LogP) is 4.14. The van der Waals surface area contributed by atoms with Gasteiger partial charge in [-0.05, 0) is 69.2 Å². The van der Waals surface area contributed by atoms with E-state index in [1.165, 1.54) is 18.4 Å². The van der Waals surface area contributed by atoms with Crippen molar-refractivity contribution in [2.75, 3.05) is 13.1 Å². The number of para-hydroxylation sites is 1. The number of hydrogen-bond acceptors (Lipinski definition) is 4. The molecule has 2 aromatic carbocycles. The van der Waals surface area contributed by atoms with Crippen LogP contribution in [0.3, 0.4) is 0 Å². The van der Waals surface area contributed by atoms with Crippen molar-refractivity contribution in [3.8, 4) is 5.75 Å². The number of carbonyl (C=O) groups excluding carboxylic acids is 2. The normalized spacial score (nSPS) is 23.1. The van der Waals surface area contributed by atoms with Gasteiger partial charge in [0.15, 0.2) is 6.10 Å². The molecule has 2 aromatic rings. The lowest BCUT2D eigenvalue weighted by molar-refractivity contribution is -0.127. The molecule has 1 saturated heterocycles. The van der Waals surface area contributed by atoms with E-state index in [-0.39, 0.29) is 11.8 Å². The van der Waals surface area contributed by atoms with Crippen LogP contribution in [-0.4, -0.2) is 41.9 Å². The van der Waals surface area contributed by atoms with E-state index in [4.69, 9.17) is 4.74 Å². The van der Waals surface area contributed by atoms with Crippen LogP contribution in [-0.2, 0) is 4.79 Å². The van der Waals surface area contributed by atoms with Crippen molar-refractivity contribution in [2.45, 2.75) is 57.1 Å². The minimum atomic E-state index is -0.622. The highest BCUT2D eigenvalue weighted by Gasteiger charge is 2.30. The van der Waals surface area contributed by atoms with Gasteiger partial charge in [0.05, 0.1) is 5.56 Å². The van der Waals surface area contributed by atoms with Crippen molar-refractivity contribution < 1.29 is 14.3 Å². The van der Waals surface area contributed by atoms with Crippen molar-refractivity contribution in [2.24, 2.45) is 0 Å². The number of nitrogens with zero attached hydrogens (tertiary/aromatic N) is 1. The van der Waals surface area contributed by atoms with Crippen LogP contribution >= 0.6 is 0 Å². The topological polar surface area (TPSA) is 58.6 Å². The molecule has 2 heterocycles. The molecule has 2 aliphatic rings. The Balaban J connectivity index is 1.30. The lowest BCUT2D eigenvalue weighted by Gasteiger charge is -2.37. The van der Waals surface area contributed by atoms with E-state index in [0.29, 0.717) is 29.7 Å². The van der Waals surface area contributed by atoms with Gasteiger partial charge >= 0.3 is 0 Å². The molecule has 0 radical (unpaired) electrons. The minimum absolute atomic E-state index is 0.342. The second-order valence-corrected chi connectivity index (χ2v) is 8.45. The van der Waals surface area contributed by atoms with Crippen LogP contribution in [0.5, 0.6) is 5.75 Å². The average Bonchev–Trinajstić information content (AvgIpc) is 2.90. The second-order valence-electron chi connectivity index (χ2n) is 8.45. The number of rotatable bonds is 6. The molecule has 0 bridgehead atoms. The number of nitrogens with one attached hydrogen (secondary N) is 1. The molecular weight excluding hydrogens is 376 g/mol. The Bertz CT molecular complexity index is 883. The molecule has 1 fully saturated rings. The van der Waals surface area contributed by atoms with E-state index >= 15 is 0 Å². The smallest absolute Gasteiger partial charge is 0.267 e. The van der Waals surface area contributed by atoms with Crippen LogP contribution in [0.15, 0.2) is 54.6 Å². The van der Waals surface area contributed by atoms with Crippen molar-refractivity contribution in [1.82, 2.24) is 10.2 Å². The molecule has 0 aliphatic carbocycles. The van der Waals surface area contributed by atoms with Crippen LogP contribution in [0.2, 0.25) is 0 Å². The summed E-state index contributed by atoms with van der Waals surface area (Å²) in [6, 6.07) is 18.3. The first-order chi connectivity index (χ1) is 14.6. The van der Waals surface area contributed by atoms with Gasteiger partial charge in [-0.15, -0.1) is 0 Å². The zero-order valence-corrected chi connectivity index (χ0v) is 17.5. The Morgan fingerprint density at radius 2 is 1.87 bits per heavy atom. The van der Waals surface area contributed by atoms with Crippen molar-refractivity contribution in [1.29, 1.82) is 0 Å². The molecule has 0 aromatic heterocycles. The maximum absolute atomic E-state index is 12.4. The van der Waals surface area contributed by atoms with Crippen LogP contribution < -0.4 is 10.1 Å². The molecule has 4 rings (SSSR count). The van der Waals surface area contributed by atoms with Crippen LogP contribution in [0.1, 0.15) is 60.9 Å². The van der Waals surface area contributed by atoms with Gasteiger partial charge in [-0.3, -0.25) is 14.9 Å². The summed E-state index contributed by atoms with van der Waals surface area (Å²) in [5, 5.41) is 2.46. The Morgan fingerprint density at radius 1 is 1.10 bits per heavy atom. The summed E-state index contributed by atoms with van der Waals surface area (Å²) in [7, 11) is 0. The Kier molecular flexibility index (Phi) is 6.48. The highest BCUT2D eigenvalue weighted by molar-refractivity contribution is 6.08. The van der Waals surface area contributed by atoms with Gasteiger partial charge in [0.2, 0.25) is 0 Å². The monoisotopic (exact) mass is 406 g/mol. The quantitative estimate of drug-likeness (QED) is 0.733. The molecule has 5 heteroatoms. The average molecular weight is 407 g/mol. The summed E-state index contributed by atoms with van der Waals surface area (Å²) in [6.07, 6.45) is 4.33. The number of piperidine rings is 1. The first kappa shape index (κ1) is 20.6. The highest BCUT2D eigenvalue weighted by Crippen LogP contribution is 2.29. The van der Waals surface area contributed by atoms with Crippen LogP contribution in [0.4, 0.5) is 0 Å². The summed E-state index contributed by atoms with van der Waals surface area (Å²) in [5.41, 5.74) is 1.85. The van der Waals surface area contributed by atoms with Gasteiger partial charge in [0.25, 0.3) is 11.8 Å². The Labute approximate surface area is 178 Å². The highest BCUT2D eigenvalue weighted by atomic mass is 16.5. The van der Waals surface area contributed by atoms with E-state index in [2.05, 4.69) is 47.5 Å². The summed E-state index contributed by atoms with van der Waals surface area (Å²) in [4.78, 5) is 27.2. The third-order valence-electron chi connectivity index (χ3n) is 6.37. The molecule has 158 valence electrons. The second kappa shape index (κ2) is 9.43. The third kappa shape index (κ3) is 4.73. The number of hydrogen-bond donors (Lipinski definition) is 1. The molecule has 0 spiro atoms. The number of benzene rings is 2. The van der Waals surface area contributed by atoms with Gasteiger partial charge in [0.1, 0.15) is 5.75 Å². The van der Waals surface area contributed by atoms with Crippen molar-refractivity contribution in [3.63, 3.8) is 0 Å². The third-order valence-corrected chi connectivity index (χ3v) is 6.37. The fraction of sp³-hybridized carbons (Fsp3) is 0.440. The molecule has 2 aliphatic heterocycles. The lowest BCUT2D eigenvalue weighted by Crippen LogP contribution is -2.41.